The van der Waals surface area contributed by atoms with Crippen LogP contribution in [-0.2, 0) is 13.5 Å². The van der Waals surface area contributed by atoms with Crippen LogP contribution >= 0.6 is 11.6 Å². The summed E-state index contributed by atoms with van der Waals surface area (Å²) in [6.45, 7) is 0. The maximum Gasteiger partial charge on any atom is 0.129 e. The number of aryl methyl sites for hydroxylation is 1. The Bertz CT molecular complexity index is 552. The first kappa shape index (κ1) is 13.0. The molecule has 1 unspecified atom stereocenters. The molecule has 1 aromatic carbocycles. The minimum absolute atomic E-state index is 0.00532. The van der Waals surface area contributed by atoms with Gasteiger partial charge in [-0.05, 0) is 11.6 Å². The summed E-state index contributed by atoms with van der Waals surface area (Å²) < 4.78 is 27.6. The highest BCUT2D eigenvalue weighted by atomic mass is 35.5. The van der Waals surface area contributed by atoms with Crippen LogP contribution in [0.25, 0.3) is 0 Å². The molecule has 1 heterocycles. The molecule has 1 N–H and O–H groups in total. The van der Waals surface area contributed by atoms with Crippen molar-refractivity contribution in [2.24, 2.45) is 7.05 Å². The van der Waals surface area contributed by atoms with Crippen molar-refractivity contribution >= 4 is 11.6 Å². The minimum Gasteiger partial charge on any atom is -0.386 e. The van der Waals surface area contributed by atoms with Crippen LogP contribution in [0.4, 0.5) is 8.78 Å². The average Bonchev–Trinajstić information content (AvgIpc) is 2.62. The number of hydrogen-bond donors (Lipinski definition) is 1. The molecule has 3 nitrogen and oxygen atoms in total. The van der Waals surface area contributed by atoms with E-state index in [1.807, 2.05) is 0 Å². The van der Waals surface area contributed by atoms with Crippen molar-refractivity contribution in [3.63, 3.8) is 0 Å². The number of hydrogen-bond acceptors (Lipinski definition) is 2. The van der Waals surface area contributed by atoms with Crippen molar-refractivity contribution in [1.82, 2.24) is 9.78 Å². The van der Waals surface area contributed by atoms with Gasteiger partial charge < -0.3 is 5.11 Å². The lowest BCUT2D eigenvalue weighted by atomic mass is 10.0. The summed E-state index contributed by atoms with van der Waals surface area (Å²) in [6.07, 6.45) is 0.414. The third kappa shape index (κ3) is 2.52. The van der Waals surface area contributed by atoms with E-state index in [-0.39, 0.29) is 12.0 Å². The first-order valence-corrected chi connectivity index (χ1v) is 5.66. The average molecular weight is 273 g/mol. The van der Waals surface area contributed by atoms with E-state index >= 15 is 0 Å². The molecule has 1 aromatic heterocycles. The molecule has 0 aliphatic heterocycles. The molecule has 0 saturated carbocycles. The number of aliphatic hydroxyl groups is 1. The van der Waals surface area contributed by atoms with Crippen LogP contribution < -0.4 is 0 Å². The molecule has 2 aromatic rings. The van der Waals surface area contributed by atoms with Gasteiger partial charge in [0.2, 0.25) is 0 Å². The predicted octanol–water partition coefficient (Wildman–Crippen LogP) is 2.63. The molecule has 0 radical (unpaired) electrons. The summed E-state index contributed by atoms with van der Waals surface area (Å²) in [5.41, 5.74) is 0.626. The fourth-order valence-electron chi connectivity index (χ4n) is 1.79. The van der Waals surface area contributed by atoms with Crippen LogP contribution in [-0.4, -0.2) is 14.9 Å². The monoisotopic (exact) mass is 272 g/mol. The Morgan fingerprint density at radius 3 is 2.72 bits per heavy atom. The van der Waals surface area contributed by atoms with Gasteiger partial charge in [0.15, 0.2) is 0 Å². The molecular formula is C12H11ClF2N2O. The van der Waals surface area contributed by atoms with Crippen LogP contribution in [0.1, 0.15) is 17.4 Å². The van der Waals surface area contributed by atoms with E-state index in [0.29, 0.717) is 10.7 Å². The number of halogens is 3. The molecule has 0 aliphatic carbocycles. The molecule has 0 saturated heterocycles. The number of benzene rings is 1. The highest BCUT2D eigenvalue weighted by molar-refractivity contribution is 6.31. The fraction of sp³-hybridized carbons (Fsp3) is 0.250. The normalized spacial score (nSPS) is 12.7. The van der Waals surface area contributed by atoms with Crippen LogP contribution in [0.2, 0.25) is 5.02 Å². The van der Waals surface area contributed by atoms with E-state index in [0.717, 1.165) is 12.1 Å². The number of rotatable bonds is 3. The molecule has 6 heteroatoms. The largest absolute Gasteiger partial charge is 0.386 e. The number of aliphatic hydroxyl groups excluding tert-OH is 1. The van der Waals surface area contributed by atoms with Gasteiger partial charge in [0.25, 0.3) is 0 Å². The van der Waals surface area contributed by atoms with Gasteiger partial charge in [-0.25, -0.2) is 8.78 Å². The Labute approximate surface area is 108 Å². The first-order valence-electron chi connectivity index (χ1n) is 5.28. The van der Waals surface area contributed by atoms with Crippen molar-refractivity contribution in [2.45, 2.75) is 12.5 Å². The van der Waals surface area contributed by atoms with Crippen LogP contribution in [0.5, 0.6) is 0 Å². The van der Waals surface area contributed by atoms with Crippen molar-refractivity contribution in [1.29, 1.82) is 0 Å². The van der Waals surface area contributed by atoms with Gasteiger partial charge in [0.05, 0.1) is 16.9 Å². The minimum atomic E-state index is -0.995. The Balaban J connectivity index is 2.24. The lowest BCUT2D eigenvalue weighted by molar-refractivity contribution is 0.167. The zero-order chi connectivity index (χ0) is 13.3. The zero-order valence-electron chi connectivity index (χ0n) is 9.57. The lowest BCUT2D eigenvalue weighted by Crippen LogP contribution is -2.09. The van der Waals surface area contributed by atoms with Gasteiger partial charge >= 0.3 is 0 Å². The highest BCUT2D eigenvalue weighted by Gasteiger charge is 2.18. The van der Waals surface area contributed by atoms with Crippen LogP contribution in [0, 0.1) is 11.6 Å². The maximum atomic E-state index is 13.4. The van der Waals surface area contributed by atoms with Gasteiger partial charge in [-0.3, -0.25) is 4.68 Å². The molecule has 2 rings (SSSR count). The molecule has 96 valence electrons. The predicted molar refractivity (Wildman–Crippen MR) is 63.2 cm³/mol. The molecular weight excluding hydrogens is 262 g/mol. The Hall–Kier alpha value is -1.46. The van der Waals surface area contributed by atoms with E-state index < -0.39 is 17.7 Å². The third-order valence-electron chi connectivity index (χ3n) is 2.68. The molecule has 0 aliphatic rings. The summed E-state index contributed by atoms with van der Waals surface area (Å²) in [7, 11) is 1.63. The lowest BCUT2D eigenvalue weighted by Gasteiger charge is -2.12. The standard InChI is InChI=1S/C12H11ClF2N2O/c1-17-12(9(13)6-16-17)11(18)4-7-2-3-8(14)5-10(7)15/h2-3,5-6,11,18H,4H2,1H3. The van der Waals surface area contributed by atoms with Gasteiger partial charge in [0, 0.05) is 19.5 Å². The Morgan fingerprint density at radius 2 is 2.17 bits per heavy atom. The number of nitrogens with zero attached hydrogens (tertiary/aromatic N) is 2. The second-order valence-corrected chi connectivity index (χ2v) is 4.36. The molecule has 18 heavy (non-hydrogen) atoms. The van der Waals surface area contributed by atoms with Crippen molar-refractivity contribution in [2.75, 3.05) is 0 Å². The highest BCUT2D eigenvalue weighted by Crippen LogP contribution is 2.25. The van der Waals surface area contributed by atoms with Crippen molar-refractivity contribution in [3.05, 3.63) is 52.3 Å². The summed E-state index contributed by atoms with van der Waals surface area (Å²) >= 11 is 5.87. The zero-order valence-corrected chi connectivity index (χ0v) is 10.3. The van der Waals surface area contributed by atoms with Gasteiger partial charge in [0.1, 0.15) is 17.7 Å². The molecule has 0 fully saturated rings. The number of aromatic nitrogens is 2. The third-order valence-corrected chi connectivity index (χ3v) is 2.97. The topological polar surface area (TPSA) is 38.0 Å². The summed E-state index contributed by atoms with van der Waals surface area (Å²) in [6, 6.07) is 3.24. The fourth-order valence-corrected chi connectivity index (χ4v) is 2.08. The summed E-state index contributed by atoms with van der Waals surface area (Å²) in [4.78, 5) is 0. The van der Waals surface area contributed by atoms with Gasteiger partial charge in [-0.15, -0.1) is 0 Å². The molecule has 0 amide bonds. The smallest absolute Gasteiger partial charge is 0.129 e. The molecule has 0 spiro atoms. The quantitative estimate of drug-likeness (QED) is 0.933. The second kappa shape index (κ2) is 5.04. The van der Waals surface area contributed by atoms with Crippen LogP contribution in [0.15, 0.2) is 24.4 Å². The Kier molecular flexibility index (Phi) is 3.63. The summed E-state index contributed by atoms with van der Waals surface area (Å²) in [5, 5.41) is 14.2. The van der Waals surface area contributed by atoms with Crippen molar-refractivity contribution < 1.29 is 13.9 Å². The first-order chi connectivity index (χ1) is 8.49. The van der Waals surface area contributed by atoms with E-state index in [2.05, 4.69) is 5.10 Å². The van der Waals surface area contributed by atoms with Gasteiger partial charge in [-0.1, -0.05) is 17.7 Å². The maximum absolute atomic E-state index is 13.4. The van der Waals surface area contributed by atoms with E-state index in [1.54, 1.807) is 7.05 Å². The van der Waals surface area contributed by atoms with E-state index in [9.17, 15) is 13.9 Å². The summed E-state index contributed by atoms with van der Waals surface area (Å²) in [5.74, 6) is -1.34. The molecule has 1 atom stereocenters. The van der Waals surface area contributed by atoms with Crippen LogP contribution in [0.3, 0.4) is 0 Å². The van der Waals surface area contributed by atoms with E-state index in [4.69, 9.17) is 11.6 Å². The SMILES string of the molecule is Cn1ncc(Cl)c1C(O)Cc1ccc(F)cc1F. The van der Waals surface area contributed by atoms with Crippen molar-refractivity contribution in [3.8, 4) is 0 Å². The Morgan fingerprint density at radius 1 is 1.44 bits per heavy atom. The van der Waals surface area contributed by atoms with E-state index in [1.165, 1.54) is 16.9 Å². The second-order valence-electron chi connectivity index (χ2n) is 3.96. The molecule has 0 bridgehead atoms. The van der Waals surface area contributed by atoms with Gasteiger partial charge in [-0.2, -0.15) is 5.10 Å².